The van der Waals surface area contributed by atoms with Crippen LogP contribution in [0.2, 0.25) is 0 Å². The maximum atomic E-state index is 12.2. The molecule has 4 nitrogen and oxygen atoms in total. The van der Waals surface area contributed by atoms with E-state index in [1.54, 1.807) is 12.1 Å². The first-order valence-electron chi connectivity index (χ1n) is 10.8. The zero-order chi connectivity index (χ0) is 24.0. The number of ether oxygens (including phenoxy) is 2. The Morgan fingerprint density at radius 3 is 2.15 bits per heavy atom. The van der Waals surface area contributed by atoms with E-state index >= 15 is 0 Å². The Kier molecular flexibility index (Phi) is 7.07. The third-order valence-electron chi connectivity index (χ3n) is 5.35. The zero-order valence-corrected chi connectivity index (χ0v) is 18.2. The molecule has 4 rings (SSSR count). The maximum Gasteiger partial charge on any atom is 0.422 e. The van der Waals surface area contributed by atoms with Crippen molar-refractivity contribution in [1.29, 1.82) is 0 Å². The number of rotatable bonds is 6. The van der Waals surface area contributed by atoms with Crippen molar-refractivity contribution in [2.75, 3.05) is 19.8 Å². The lowest BCUT2D eigenvalue weighted by atomic mass is 9.98. The summed E-state index contributed by atoms with van der Waals surface area (Å²) in [4.78, 5) is 12.2. The van der Waals surface area contributed by atoms with Crippen LogP contribution in [-0.4, -0.2) is 32.0 Å². The second-order valence-corrected chi connectivity index (χ2v) is 7.73. The molecule has 0 aliphatic heterocycles. The number of alkyl halides is 3. The van der Waals surface area contributed by atoms with Crippen molar-refractivity contribution in [3.8, 4) is 28.7 Å². The van der Waals surface area contributed by atoms with Crippen molar-refractivity contribution in [2.45, 2.75) is 18.5 Å². The van der Waals surface area contributed by atoms with Crippen LogP contribution >= 0.6 is 0 Å². The fraction of sp³-hybridized carbons (Fsp3) is 0.222. The molecule has 174 valence electrons. The first-order valence-corrected chi connectivity index (χ1v) is 10.8. The van der Waals surface area contributed by atoms with Gasteiger partial charge in [-0.3, -0.25) is 0 Å². The normalized spacial score (nSPS) is 12.2. The zero-order valence-electron chi connectivity index (χ0n) is 18.2. The van der Waals surface area contributed by atoms with Gasteiger partial charge in [0, 0.05) is 24.4 Å². The van der Waals surface area contributed by atoms with Crippen molar-refractivity contribution in [2.24, 2.45) is 0 Å². The number of alkyl carbamates (subject to hydrolysis) is 1. The van der Waals surface area contributed by atoms with Gasteiger partial charge >= 0.3 is 12.3 Å². The van der Waals surface area contributed by atoms with Gasteiger partial charge in [-0.15, -0.1) is 0 Å². The van der Waals surface area contributed by atoms with Crippen LogP contribution in [0, 0.1) is 11.8 Å². The second kappa shape index (κ2) is 10.3. The Morgan fingerprint density at radius 1 is 0.912 bits per heavy atom. The topological polar surface area (TPSA) is 47.6 Å². The van der Waals surface area contributed by atoms with Gasteiger partial charge < -0.3 is 14.8 Å². The number of carbonyl (C=O) groups is 1. The molecule has 0 radical (unpaired) electrons. The van der Waals surface area contributed by atoms with Crippen LogP contribution in [0.4, 0.5) is 18.0 Å². The highest BCUT2D eigenvalue weighted by Gasteiger charge is 2.29. The average molecular weight is 465 g/mol. The minimum absolute atomic E-state index is 0.000949. The fourth-order valence-electron chi connectivity index (χ4n) is 3.84. The lowest BCUT2D eigenvalue weighted by molar-refractivity contribution is -0.153. The van der Waals surface area contributed by atoms with E-state index in [2.05, 4.69) is 46.2 Å². The molecular formula is C27H22F3NO3. The van der Waals surface area contributed by atoms with Crippen LogP contribution < -0.4 is 10.1 Å². The summed E-state index contributed by atoms with van der Waals surface area (Å²) in [6.07, 6.45) is -4.48. The van der Waals surface area contributed by atoms with E-state index in [0.29, 0.717) is 18.5 Å². The standard InChI is InChI=1S/C27H22F3NO3/c28-27(29,30)18-34-20-14-12-19(13-15-20)7-5-6-16-31-26(32)33-17-25-23-10-3-1-8-21(23)22-9-2-4-11-24(22)25/h1-4,8-15,25H,6,16-18H2,(H,31,32). The summed E-state index contributed by atoms with van der Waals surface area (Å²) in [7, 11) is 0. The van der Waals surface area contributed by atoms with Crippen molar-refractivity contribution in [1.82, 2.24) is 5.32 Å². The first kappa shape index (κ1) is 23.2. The van der Waals surface area contributed by atoms with Crippen molar-refractivity contribution >= 4 is 6.09 Å². The first-order chi connectivity index (χ1) is 16.4. The van der Waals surface area contributed by atoms with E-state index in [-0.39, 0.29) is 18.3 Å². The number of hydrogen-bond donors (Lipinski definition) is 1. The van der Waals surface area contributed by atoms with Crippen LogP contribution in [0.15, 0.2) is 72.8 Å². The van der Waals surface area contributed by atoms with Crippen molar-refractivity contribution < 1.29 is 27.4 Å². The Hall–Kier alpha value is -3.92. The predicted octanol–water partition coefficient (Wildman–Crippen LogP) is 5.91. The average Bonchev–Trinajstić information content (AvgIpc) is 3.15. The number of amides is 1. The van der Waals surface area contributed by atoms with Gasteiger partial charge in [0.2, 0.25) is 0 Å². The quantitative estimate of drug-likeness (QED) is 0.364. The van der Waals surface area contributed by atoms with Crippen LogP contribution in [0.5, 0.6) is 5.75 Å². The van der Waals surface area contributed by atoms with Gasteiger partial charge in [-0.05, 0) is 46.5 Å². The SMILES string of the molecule is O=C(NCCC#Cc1ccc(OCC(F)(F)F)cc1)OCC1c2ccccc2-c2ccccc21. The molecule has 1 aliphatic rings. The van der Waals surface area contributed by atoms with Gasteiger partial charge in [-0.2, -0.15) is 13.2 Å². The Bertz CT molecular complexity index is 1160. The molecule has 0 unspecified atom stereocenters. The highest BCUT2D eigenvalue weighted by atomic mass is 19.4. The highest BCUT2D eigenvalue weighted by molar-refractivity contribution is 5.79. The Labute approximate surface area is 195 Å². The van der Waals surface area contributed by atoms with Crippen LogP contribution in [0.1, 0.15) is 29.0 Å². The van der Waals surface area contributed by atoms with Crippen molar-refractivity contribution in [3.05, 3.63) is 89.5 Å². The number of fused-ring (bicyclic) bond motifs is 3. The summed E-state index contributed by atoms with van der Waals surface area (Å²) >= 11 is 0. The molecule has 0 heterocycles. The minimum Gasteiger partial charge on any atom is -0.484 e. The van der Waals surface area contributed by atoms with E-state index in [9.17, 15) is 18.0 Å². The third kappa shape index (κ3) is 5.90. The smallest absolute Gasteiger partial charge is 0.422 e. The molecule has 0 atom stereocenters. The van der Waals surface area contributed by atoms with E-state index in [4.69, 9.17) is 4.74 Å². The molecule has 3 aromatic carbocycles. The highest BCUT2D eigenvalue weighted by Crippen LogP contribution is 2.44. The fourth-order valence-corrected chi connectivity index (χ4v) is 3.84. The van der Waals surface area contributed by atoms with Crippen LogP contribution in [-0.2, 0) is 4.74 Å². The van der Waals surface area contributed by atoms with Gasteiger partial charge in [-0.1, -0.05) is 60.4 Å². The molecule has 7 heteroatoms. The van der Waals surface area contributed by atoms with Crippen LogP contribution in [0.3, 0.4) is 0 Å². The minimum atomic E-state index is -4.38. The largest absolute Gasteiger partial charge is 0.484 e. The monoisotopic (exact) mass is 465 g/mol. The Morgan fingerprint density at radius 2 is 1.53 bits per heavy atom. The van der Waals surface area contributed by atoms with Gasteiger partial charge in [0.25, 0.3) is 0 Å². The van der Waals surface area contributed by atoms with Gasteiger partial charge in [0.1, 0.15) is 12.4 Å². The number of carbonyl (C=O) groups excluding carboxylic acids is 1. The molecule has 34 heavy (non-hydrogen) atoms. The molecule has 1 aliphatic carbocycles. The molecule has 0 saturated carbocycles. The molecule has 1 amide bonds. The number of hydrogen-bond acceptors (Lipinski definition) is 3. The van der Waals surface area contributed by atoms with Crippen molar-refractivity contribution in [3.63, 3.8) is 0 Å². The van der Waals surface area contributed by atoms with E-state index in [1.807, 2.05) is 24.3 Å². The molecule has 1 N–H and O–H groups in total. The van der Waals surface area contributed by atoms with Gasteiger partial charge in [-0.25, -0.2) is 4.79 Å². The second-order valence-electron chi connectivity index (χ2n) is 7.73. The summed E-state index contributed by atoms with van der Waals surface area (Å²) in [5.74, 6) is 5.94. The van der Waals surface area contributed by atoms with E-state index in [1.165, 1.54) is 23.3 Å². The summed E-state index contributed by atoms with van der Waals surface area (Å²) in [6, 6.07) is 22.3. The summed E-state index contributed by atoms with van der Waals surface area (Å²) < 4.78 is 46.7. The lowest BCUT2D eigenvalue weighted by Gasteiger charge is -2.14. The third-order valence-corrected chi connectivity index (χ3v) is 5.35. The van der Waals surface area contributed by atoms with E-state index in [0.717, 1.165) is 11.1 Å². The van der Waals surface area contributed by atoms with E-state index < -0.39 is 18.9 Å². The summed E-state index contributed by atoms with van der Waals surface area (Å²) in [6.45, 7) is -0.774. The predicted molar refractivity (Wildman–Crippen MR) is 123 cm³/mol. The van der Waals surface area contributed by atoms with Gasteiger partial charge in [0.15, 0.2) is 6.61 Å². The molecule has 0 aromatic heterocycles. The van der Waals surface area contributed by atoms with Crippen LogP contribution in [0.25, 0.3) is 11.1 Å². The Balaban J connectivity index is 1.22. The summed E-state index contributed by atoms with van der Waals surface area (Å²) in [5, 5.41) is 2.69. The summed E-state index contributed by atoms with van der Waals surface area (Å²) in [5.41, 5.74) is 5.28. The number of benzene rings is 3. The molecule has 0 bridgehead atoms. The lowest BCUT2D eigenvalue weighted by Crippen LogP contribution is -2.26. The molecule has 0 spiro atoms. The maximum absolute atomic E-state index is 12.2. The molecule has 3 aromatic rings. The molecule has 0 fully saturated rings. The number of halogens is 3. The van der Waals surface area contributed by atoms with Gasteiger partial charge in [0.05, 0.1) is 0 Å². The molecular weight excluding hydrogens is 443 g/mol. The molecule has 0 saturated heterocycles. The number of nitrogens with one attached hydrogen (secondary N) is 1.